The molecule has 3 rings (SSSR count). The van der Waals surface area contributed by atoms with Crippen molar-refractivity contribution in [3.63, 3.8) is 0 Å². The second-order valence-electron chi connectivity index (χ2n) is 9.15. The Bertz CT molecular complexity index is 1330. The second-order valence-corrected chi connectivity index (χ2v) is 9.15. The van der Waals surface area contributed by atoms with Crippen molar-refractivity contribution in [1.82, 2.24) is 0 Å². The third-order valence-corrected chi connectivity index (χ3v) is 5.31. The number of carbonyl (C=O) groups excluding carboxylic acids is 3. The minimum absolute atomic E-state index is 0.0344. The maximum Gasteiger partial charge on any atom is 0.337 e. The number of amides is 2. The molecule has 0 radical (unpaired) electrons. The fourth-order valence-corrected chi connectivity index (χ4v) is 3.52. The van der Waals surface area contributed by atoms with Crippen molar-refractivity contribution in [2.45, 2.75) is 46.8 Å². The van der Waals surface area contributed by atoms with Crippen molar-refractivity contribution in [3.05, 3.63) is 76.9 Å². The lowest BCUT2D eigenvalue weighted by molar-refractivity contribution is 0.0599. The number of benzene rings is 3. The fraction of sp³-hybridized carbons (Fsp3) is 0.276. The number of anilines is 2. The number of hydrogen-bond donors (Lipinski definition) is 3. The summed E-state index contributed by atoms with van der Waals surface area (Å²) < 4.78 is 16.3. The number of phenolic OH excluding ortho intramolecular Hbond substituents is 1. The summed E-state index contributed by atoms with van der Waals surface area (Å²) in [6, 6.07) is 14.4. The zero-order chi connectivity index (χ0) is 28.0. The molecule has 0 heterocycles. The highest BCUT2D eigenvalue weighted by atomic mass is 16.5. The molecule has 0 fully saturated rings. The van der Waals surface area contributed by atoms with Gasteiger partial charge in [0, 0.05) is 5.56 Å². The van der Waals surface area contributed by atoms with Gasteiger partial charge in [0.05, 0.1) is 41.8 Å². The summed E-state index contributed by atoms with van der Waals surface area (Å²) in [7, 11) is 1.27. The number of ether oxygens (including phenoxy) is 3. The van der Waals surface area contributed by atoms with E-state index < -0.39 is 23.5 Å². The number of aromatic hydroxyl groups is 1. The molecule has 0 saturated carbocycles. The molecule has 0 atom stereocenters. The van der Waals surface area contributed by atoms with Crippen LogP contribution in [0.4, 0.5) is 11.4 Å². The van der Waals surface area contributed by atoms with Crippen molar-refractivity contribution in [3.8, 4) is 17.2 Å². The predicted octanol–water partition coefficient (Wildman–Crippen LogP) is 5.57. The molecule has 0 saturated heterocycles. The quantitative estimate of drug-likeness (QED) is 0.315. The molecule has 38 heavy (non-hydrogen) atoms. The molecule has 3 aromatic carbocycles. The van der Waals surface area contributed by atoms with E-state index in [2.05, 4.69) is 10.6 Å². The Balaban J connectivity index is 1.93. The summed E-state index contributed by atoms with van der Waals surface area (Å²) in [6.45, 7) is 9.05. The molecule has 9 nitrogen and oxygen atoms in total. The number of rotatable bonds is 9. The third-order valence-electron chi connectivity index (χ3n) is 5.31. The Kier molecular flexibility index (Phi) is 8.96. The number of phenols is 1. The number of hydrogen-bond acceptors (Lipinski definition) is 7. The highest BCUT2D eigenvalue weighted by Crippen LogP contribution is 2.39. The summed E-state index contributed by atoms with van der Waals surface area (Å²) in [6.07, 6.45) is -0.597. The molecule has 9 heteroatoms. The molecule has 0 unspecified atom stereocenters. The van der Waals surface area contributed by atoms with Gasteiger partial charge in [-0.25, -0.2) is 4.79 Å². The van der Waals surface area contributed by atoms with Crippen LogP contribution in [0.25, 0.3) is 0 Å². The fourth-order valence-electron chi connectivity index (χ4n) is 3.52. The van der Waals surface area contributed by atoms with Gasteiger partial charge in [-0.2, -0.15) is 0 Å². The molecular weight excluding hydrogens is 488 g/mol. The predicted molar refractivity (Wildman–Crippen MR) is 145 cm³/mol. The zero-order valence-corrected chi connectivity index (χ0v) is 22.2. The maximum atomic E-state index is 13.2. The Hall–Kier alpha value is -4.53. The largest absolute Gasteiger partial charge is 0.504 e. The van der Waals surface area contributed by atoms with Crippen molar-refractivity contribution >= 4 is 29.2 Å². The van der Waals surface area contributed by atoms with Crippen LogP contribution in [0.2, 0.25) is 0 Å². The van der Waals surface area contributed by atoms with Gasteiger partial charge in [0.2, 0.25) is 0 Å². The molecule has 3 N–H and O–H groups in total. The normalized spacial score (nSPS) is 10.7. The van der Waals surface area contributed by atoms with Gasteiger partial charge in [0.15, 0.2) is 11.5 Å². The summed E-state index contributed by atoms with van der Waals surface area (Å²) in [5.74, 6) is -1.80. The number of nitrogens with one attached hydrogen (secondary N) is 2. The van der Waals surface area contributed by atoms with E-state index >= 15 is 0 Å². The van der Waals surface area contributed by atoms with Gasteiger partial charge in [0.1, 0.15) is 5.75 Å². The number of carbonyl (C=O) groups is 3. The average molecular weight is 521 g/mol. The van der Waals surface area contributed by atoms with Crippen LogP contribution in [0.5, 0.6) is 17.2 Å². The topological polar surface area (TPSA) is 123 Å². The van der Waals surface area contributed by atoms with Crippen LogP contribution in [-0.2, 0) is 4.74 Å². The van der Waals surface area contributed by atoms with E-state index in [1.54, 1.807) is 39.8 Å². The molecule has 200 valence electrons. The Morgan fingerprint density at radius 1 is 0.763 bits per heavy atom. The highest BCUT2D eigenvalue weighted by molar-refractivity contribution is 6.10. The molecule has 0 aromatic heterocycles. The van der Waals surface area contributed by atoms with E-state index in [4.69, 9.17) is 14.2 Å². The lowest BCUT2D eigenvalue weighted by Gasteiger charge is -2.19. The van der Waals surface area contributed by atoms with Crippen LogP contribution < -0.4 is 20.1 Å². The first-order chi connectivity index (χ1) is 18.0. The monoisotopic (exact) mass is 520 g/mol. The highest BCUT2D eigenvalue weighted by Gasteiger charge is 2.23. The SMILES string of the molecule is COC(=O)c1ccc(NC(=O)c2ccc(NC(=O)c3ccc(C)cc3)c(OC(C)C)c2O)c(OC(C)C)c1. The van der Waals surface area contributed by atoms with Crippen LogP contribution >= 0.6 is 0 Å². The Morgan fingerprint density at radius 3 is 1.95 bits per heavy atom. The van der Waals surface area contributed by atoms with Crippen molar-refractivity contribution < 1.29 is 33.7 Å². The van der Waals surface area contributed by atoms with E-state index in [-0.39, 0.29) is 40.5 Å². The molecule has 0 spiro atoms. The lowest BCUT2D eigenvalue weighted by Crippen LogP contribution is -2.18. The van der Waals surface area contributed by atoms with Crippen LogP contribution in [0, 0.1) is 6.92 Å². The smallest absolute Gasteiger partial charge is 0.337 e. The average Bonchev–Trinajstić information content (AvgIpc) is 2.86. The van der Waals surface area contributed by atoms with Gasteiger partial charge in [-0.05, 0) is 77.1 Å². The lowest BCUT2D eigenvalue weighted by atomic mass is 10.1. The van der Waals surface area contributed by atoms with E-state index in [1.807, 2.05) is 19.1 Å². The van der Waals surface area contributed by atoms with Gasteiger partial charge in [-0.3, -0.25) is 9.59 Å². The van der Waals surface area contributed by atoms with E-state index in [1.165, 1.54) is 37.4 Å². The van der Waals surface area contributed by atoms with E-state index in [0.29, 0.717) is 11.3 Å². The summed E-state index contributed by atoms with van der Waals surface area (Å²) >= 11 is 0. The first-order valence-electron chi connectivity index (χ1n) is 12.1. The van der Waals surface area contributed by atoms with Gasteiger partial charge in [-0.1, -0.05) is 17.7 Å². The van der Waals surface area contributed by atoms with Crippen LogP contribution in [0.1, 0.15) is 64.3 Å². The summed E-state index contributed by atoms with van der Waals surface area (Å²) in [5.41, 5.74) is 2.12. The zero-order valence-electron chi connectivity index (χ0n) is 22.2. The van der Waals surface area contributed by atoms with Gasteiger partial charge >= 0.3 is 5.97 Å². The van der Waals surface area contributed by atoms with Gasteiger partial charge < -0.3 is 30.0 Å². The Morgan fingerprint density at radius 2 is 1.34 bits per heavy atom. The first-order valence-corrected chi connectivity index (χ1v) is 12.1. The van der Waals surface area contributed by atoms with Crippen molar-refractivity contribution in [2.24, 2.45) is 0 Å². The molecular formula is C29H32N2O7. The summed E-state index contributed by atoms with van der Waals surface area (Å²) in [5, 5.41) is 16.5. The standard InChI is InChI=1S/C29H32N2O7/c1-16(2)37-24-15-20(29(35)36-6)11-13-22(24)30-28(34)21-12-14-23(26(25(21)32)38-17(3)4)31-27(33)19-9-7-18(5)8-10-19/h7-17,32H,1-6H3,(H,30,34)(H,31,33). The molecule has 0 aliphatic heterocycles. The second kappa shape index (κ2) is 12.1. The minimum atomic E-state index is -0.646. The van der Waals surface area contributed by atoms with E-state index in [0.717, 1.165) is 5.56 Å². The number of methoxy groups -OCH3 is 1. The Labute approximate surface area is 221 Å². The molecule has 3 aromatic rings. The summed E-state index contributed by atoms with van der Waals surface area (Å²) in [4.78, 5) is 37.9. The van der Waals surface area contributed by atoms with E-state index in [9.17, 15) is 19.5 Å². The van der Waals surface area contributed by atoms with Crippen LogP contribution in [0.15, 0.2) is 54.6 Å². The molecule has 2 amide bonds. The van der Waals surface area contributed by atoms with Gasteiger partial charge in [0.25, 0.3) is 11.8 Å². The van der Waals surface area contributed by atoms with Gasteiger partial charge in [-0.15, -0.1) is 0 Å². The van der Waals surface area contributed by atoms with Crippen LogP contribution in [-0.4, -0.2) is 42.2 Å². The van der Waals surface area contributed by atoms with Crippen LogP contribution in [0.3, 0.4) is 0 Å². The molecule has 0 aliphatic rings. The maximum absolute atomic E-state index is 13.2. The molecule has 0 aliphatic carbocycles. The number of aryl methyl sites for hydroxylation is 1. The number of esters is 1. The minimum Gasteiger partial charge on any atom is -0.504 e. The first kappa shape index (κ1) is 28.0. The van der Waals surface area contributed by atoms with Crippen molar-refractivity contribution in [1.29, 1.82) is 0 Å². The molecule has 0 bridgehead atoms. The third kappa shape index (κ3) is 6.82. The van der Waals surface area contributed by atoms with Crippen molar-refractivity contribution in [2.75, 3.05) is 17.7 Å².